The molecule has 0 saturated heterocycles. The van der Waals surface area contributed by atoms with E-state index in [-0.39, 0.29) is 10.8 Å². The lowest BCUT2D eigenvalue weighted by Gasteiger charge is -2.08. The average molecular weight is 361 g/mol. The molecule has 0 saturated carbocycles. The molecule has 0 bridgehead atoms. The number of nitro benzene ring substituents is 1. The second-order valence-electron chi connectivity index (χ2n) is 4.00. The summed E-state index contributed by atoms with van der Waals surface area (Å²) in [4.78, 5) is 10.3. The van der Waals surface area contributed by atoms with Gasteiger partial charge in [-0.1, -0.05) is 27.5 Å². The maximum Gasteiger partial charge on any atom is 0.313 e. The van der Waals surface area contributed by atoms with Gasteiger partial charge in [-0.2, -0.15) is 0 Å². The van der Waals surface area contributed by atoms with Crippen molar-refractivity contribution in [2.24, 2.45) is 0 Å². The molecule has 2 aromatic carbocycles. The minimum atomic E-state index is -0.777. The molecule has 0 heterocycles. The van der Waals surface area contributed by atoms with Crippen LogP contribution in [0.5, 0.6) is 11.5 Å². The molecule has 2 aromatic rings. The fraction of sp³-hybridized carbons (Fsp3) is 0.0769. The van der Waals surface area contributed by atoms with Crippen LogP contribution in [0.1, 0.15) is 5.56 Å². The van der Waals surface area contributed by atoms with Gasteiger partial charge in [0.05, 0.1) is 9.95 Å². The molecular weight excluding hydrogens is 353 g/mol. The lowest BCUT2D eigenvalue weighted by molar-refractivity contribution is -0.385. The van der Waals surface area contributed by atoms with E-state index in [1.54, 1.807) is 18.2 Å². The van der Waals surface area contributed by atoms with E-state index >= 15 is 0 Å². The van der Waals surface area contributed by atoms with Crippen LogP contribution in [0.15, 0.2) is 34.8 Å². The van der Waals surface area contributed by atoms with E-state index in [9.17, 15) is 14.5 Å². The van der Waals surface area contributed by atoms with Crippen LogP contribution in [0.2, 0.25) is 5.02 Å². The summed E-state index contributed by atoms with van der Waals surface area (Å²) in [7, 11) is 0. The van der Waals surface area contributed by atoms with Gasteiger partial charge < -0.3 is 4.74 Å². The topological polar surface area (TPSA) is 52.4 Å². The number of nitrogens with zero attached hydrogens (tertiary/aromatic N) is 1. The molecule has 0 aromatic heterocycles. The molecule has 20 heavy (non-hydrogen) atoms. The van der Waals surface area contributed by atoms with Crippen molar-refractivity contribution in [1.82, 2.24) is 0 Å². The van der Waals surface area contributed by atoms with Crippen LogP contribution >= 0.6 is 27.5 Å². The zero-order valence-electron chi connectivity index (χ0n) is 10.2. The number of hydrogen-bond donors (Lipinski definition) is 0. The lowest BCUT2D eigenvalue weighted by atomic mass is 10.2. The quantitative estimate of drug-likeness (QED) is 0.555. The maximum absolute atomic E-state index is 13.4. The van der Waals surface area contributed by atoms with E-state index in [4.69, 9.17) is 16.3 Å². The Morgan fingerprint density at radius 3 is 2.65 bits per heavy atom. The van der Waals surface area contributed by atoms with E-state index in [2.05, 4.69) is 15.9 Å². The number of aryl methyl sites for hydroxylation is 1. The second kappa shape index (κ2) is 5.76. The number of benzene rings is 2. The predicted octanol–water partition coefficient (Wildman–Crippen LogP) is 5.25. The second-order valence-corrected chi connectivity index (χ2v) is 5.27. The van der Waals surface area contributed by atoms with Crippen molar-refractivity contribution >= 4 is 33.2 Å². The van der Waals surface area contributed by atoms with Gasteiger partial charge in [-0.05, 0) is 30.7 Å². The normalized spacial score (nSPS) is 10.4. The predicted molar refractivity (Wildman–Crippen MR) is 77.0 cm³/mol. The van der Waals surface area contributed by atoms with Crippen molar-refractivity contribution in [2.45, 2.75) is 6.92 Å². The van der Waals surface area contributed by atoms with Crippen molar-refractivity contribution < 1.29 is 14.1 Å². The molecule has 104 valence electrons. The van der Waals surface area contributed by atoms with Crippen LogP contribution in [0.3, 0.4) is 0 Å². The summed E-state index contributed by atoms with van der Waals surface area (Å²) in [6.45, 7) is 1.84. The van der Waals surface area contributed by atoms with Crippen LogP contribution in [0, 0.1) is 22.9 Å². The monoisotopic (exact) mass is 359 g/mol. The molecule has 0 spiro atoms. The molecule has 0 fully saturated rings. The Labute approximate surface area is 127 Å². The highest BCUT2D eigenvalue weighted by atomic mass is 79.9. The molecule has 2 rings (SSSR count). The summed E-state index contributed by atoms with van der Waals surface area (Å²) >= 11 is 8.87. The van der Waals surface area contributed by atoms with E-state index in [1.165, 1.54) is 0 Å². The first-order chi connectivity index (χ1) is 9.38. The number of nitro groups is 1. The van der Waals surface area contributed by atoms with Gasteiger partial charge in [0, 0.05) is 16.6 Å². The minimum absolute atomic E-state index is 0.196. The van der Waals surface area contributed by atoms with Crippen molar-refractivity contribution in [1.29, 1.82) is 0 Å². The summed E-state index contributed by atoms with van der Waals surface area (Å²) < 4.78 is 19.7. The highest BCUT2D eigenvalue weighted by Gasteiger charge is 2.20. The lowest BCUT2D eigenvalue weighted by Crippen LogP contribution is -1.95. The molecule has 0 amide bonds. The molecule has 4 nitrogen and oxygen atoms in total. The molecule has 0 aliphatic heterocycles. The molecule has 0 radical (unpaired) electrons. The molecule has 0 unspecified atom stereocenters. The highest BCUT2D eigenvalue weighted by molar-refractivity contribution is 9.10. The minimum Gasteiger partial charge on any atom is -0.450 e. The Morgan fingerprint density at radius 2 is 2.05 bits per heavy atom. The van der Waals surface area contributed by atoms with Crippen molar-refractivity contribution in [2.75, 3.05) is 0 Å². The van der Waals surface area contributed by atoms with Crippen molar-refractivity contribution in [3.05, 3.63) is 61.3 Å². The zero-order valence-corrected chi connectivity index (χ0v) is 12.5. The fourth-order valence-electron chi connectivity index (χ4n) is 1.55. The summed E-state index contributed by atoms with van der Waals surface area (Å²) in [5.41, 5.74) is 0.497. The molecule has 0 atom stereocenters. The summed E-state index contributed by atoms with van der Waals surface area (Å²) in [5, 5.41) is 10.6. The maximum atomic E-state index is 13.4. The summed E-state index contributed by atoms with van der Waals surface area (Å²) in [6, 6.07) is 6.87. The van der Waals surface area contributed by atoms with E-state index in [0.29, 0.717) is 5.75 Å². The van der Waals surface area contributed by atoms with Gasteiger partial charge in [0.15, 0.2) is 0 Å². The third kappa shape index (κ3) is 3.08. The smallest absolute Gasteiger partial charge is 0.313 e. The van der Waals surface area contributed by atoms with E-state index < -0.39 is 16.4 Å². The molecule has 0 aliphatic rings. The number of ether oxygens (including phenoxy) is 1. The number of rotatable bonds is 3. The van der Waals surface area contributed by atoms with Gasteiger partial charge in [-0.15, -0.1) is 0 Å². The molecule has 0 aliphatic carbocycles. The Balaban J connectivity index is 2.44. The van der Waals surface area contributed by atoms with Gasteiger partial charge in [-0.25, -0.2) is 4.39 Å². The van der Waals surface area contributed by atoms with Gasteiger partial charge in [-0.3, -0.25) is 10.1 Å². The van der Waals surface area contributed by atoms with Crippen LogP contribution in [0.25, 0.3) is 0 Å². The number of hydrogen-bond acceptors (Lipinski definition) is 3. The van der Waals surface area contributed by atoms with Crippen LogP contribution in [-0.2, 0) is 0 Å². The van der Waals surface area contributed by atoms with E-state index in [0.717, 1.165) is 22.2 Å². The first kappa shape index (κ1) is 14.7. The Hall–Kier alpha value is -1.66. The number of halogens is 3. The van der Waals surface area contributed by atoms with E-state index in [1.807, 2.05) is 6.92 Å². The Bertz CT molecular complexity index is 694. The average Bonchev–Trinajstić information content (AvgIpc) is 2.37. The largest absolute Gasteiger partial charge is 0.450 e. The summed E-state index contributed by atoms with van der Waals surface area (Å²) in [5.74, 6) is -0.602. The van der Waals surface area contributed by atoms with Gasteiger partial charge >= 0.3 is 5.69 Å². The van der Waals surface area contributed by atoms with Crippen LogP contribution < -0.4 is 4.74 Å². The molecule has 7 heteroatoms. The highest BCUT2D eigenvalue weighted by Crippen LogP contribution is 2.36. The third-order valence-electron chi connectivity index (χ3n) is 2.56. The zero-order chi connectivity index (χ0) is 14.9. The van der Waals surface area contributed by atoms with Crippen LogP contribution in [0.4, 0.5) is 10.1 Å². The molecular formula is C13H8BrClFNO3. The van der Waals surface area contributed by atoms with Crippen LogP contribution in [-0.4, -0.2) is 4.92 Å². The van der Waals surface area contributed by atoms with Crippen molar-refractivity contribution in [3.63, 3.8) is 0 Å². The SMILES string of the molecule is Cc1cc(Oc2cc(F)c(Cl)cc2[N+](=O)[O-])ccc1Br. The first-order valence-corrected chi connectivity index (χ1v) is 6.63. The summed E-state index contributed by atoms with van der Waals surface area (Å²) in [6.07, 6.45) is 0. The first-order valence-electron chi connectivity index (χ1n) is 5.46. The molecule has 0 N–H and O–H groups in total. The standard InChI is InChI=1S/C13H8BrClFNO3/c1-7-4-8(2-3-9(7)14)20-13-6-11(16)10(15)5-12(13)17(18)19/h2-6H,1H3. The fourth-order valence-corrected chi connectivity index (χ4v) is 1.95. The van der Waals surface area contributed by atoms with Crippen molar-refractivity contribution in [3.8, 4) is 11.5 Å². The third-order valence-corrected chi connectivity index (χ3v) is 3.74. The van der Waals surface area contributed by atoms with Gasteiger partial charge in [0.1, 0.15) is 11.6 Å². The Kier molecular flexibility index (Phi) is 4.25. The van der Waals surface area contributed by atoms with Gasteiger partial charge in [0.2, 0.25) is 5.75 Å². The van der Waals surface area contributed by atoms with Gasteiger partial charge in [0.25, 0.3) is 0 Å². The Morgan fingerprint density at radius 1 is 1.35 bits per heavy atom.